The van der Waals surface area contributed by atoms with Gasteiger partial charge in [-0.25, -0.2) is 0 Å². The molecular formula is C18H20N2O2S. The van der Waals surface area contributed by atoms with E-state index < -0.39 is 0 Å². The summed E-state index contributed by atoms with van der Waals surface area (Å²) >= 11 is 1.67. The van der Waals surface area contributed by atoms with Gasteiger partial charge in [0.05, 0.1) is 5.92 Å². The van der Waals surface area contributed by atoms with Crippen LogP contribution in [-0.2, 0) is 16.0 Å². The first-order valence-corrected chi connectivity index (χ1v) is 8.68. The number of nitrogens with two attached hydrogens (primary N) is 1. The zero-order valence-corrected chi connectivity index (χ0v) is 13.9. The summed E-state index contributed by atoms with van der Waals surface area (Å²) in [6, 6.07) is 11.6. The number of carbonyl (C=O) groups excluding carboxylic acids is 2. The van der Waals surface area contributed by atoms with Gasteiger partial charge in [0, 0.05) is 23.0 Å². The van der Waals surface area contributed by atoms with E-state index in [9.17, 15) is 9.59 Å². The summed E-state index contributed by atoms with van der Waals surface area (Å²) in [5.41, 5.74) is 7.24. The average Bonchev–Trinajstić information content (AvgIpc) is 3.05. The summed E-state index contributed by atoms with van der Waals surface area (Å²) in [5.74, 6) is -0.543. The normalized spacial score (nSPS) is 20.1. The lowest BCUT2D eigenvalue weighted by atomic mass is 9.85. The molecule has 120 valence electrons. The molecule has 2 atom stereocenters. The molecule has 2 heterocycles. The van der Waals surface area contributed by atoms with E-state index >= 15 is 0 Å². The molecule has 0 aliphatic carbocycles. The number of rotatable bonds is 4. The van der Waals surface area contributed by atoms with E-state index in [2.05, 4.69) is 6.07 Å². The lowest BCUT2D eigenvalue weighted by Gasteiger charge is -2.38. The Bertz CT molecular complexity index is 712. The number of para-hydroxylation sites is 1. The molecule has 3 rings (SSSR count). The first-order chi connectivity index (χ1) is 11.1. The van der Waals surface area contributed by atoms with Gasteiger partial charge in [-0.2, -0.15) is 0 Å². The molecule has 1 aliphatic rings. The van der Waals surface area contributed by atoms with Crippen LogP contribution in [0, 0.1) is 0 Å². The van der Waals surface area contributed by atoms with Gasteiger partial charge in [-0.3, -0.25) is 9.59 Å². The van der Waals surface area contributed by atoms with Crippen LogP contribution in [0.2, 0.25) is 0 Å². The van der Waals surface area contributed by atoms with Gasteiger partial charge in [0.15, 0.2) is 0 Å². The number of primary amides is 1. The van der Waals surface area contributed by atoms with Crippen molar-refractivity contribution in [3.8, 4) is 0 Å². The minimum atomic E-state index is -0.324. The number of fused-ring (bicyclic) bond motifs is 1. The predicted octanol–water partition coefficient (Wildman–Crippen LogP) is 3.08. The fourth-order valence-electron chi connectivity index (χ4n) is 3.27. The Morgan fingerprint density at radius 2 is 2.04 bits per heavy atom. The molecule has 0 fully saturated rings. The van der Waals surface area contributed by atoms with Gasteiger partial charge in [-0.15, -0.1) is 11.3 Å². The van der Waals surface area contributed by atoms with Crippen LogP contribution in [0.15, 0.2) is 41.8 Å². The zero-order chi connectivity index (χ0) is 16.4. The first kappa shape index (κ1) is 15.7. The van der Waals surface area contributed by atoms with Crippen LogP contribution >= 0.6 is 11.3 Å². The maximum absolute atomic E-state index is 12.8. The summed E-state index contributed by atoms with van der Waals surface area (Å²) in [5, 5.41) is 2.02. The summed E-state index contributed by atoms with van der Waals surface area (Å²) in [7, 11) is 0. The lowest BCUT2D eigenvalue weighted by Crippen LogP contribution is -2.45. The Balaban J connectivity index is 1.84. The molecule has 4 nitrogen and oxygen atoms in total. The molecule has 0 bridgehead atoms. The zero-order valence-electron chi connectivity index (χ0n) is 13.1. The number of thiophene rings is 1. The van der Waals surface area contributed by atoms with E-state index in [-0.39, 0.29) is 23.8 Å². The maximum Gasteiger partial charge on any atom is 0.227 e. The van der Waals surface area contributed by atoms with Crippen LogP contribution < -0.4 is 10.6 Å². The SMILES string of the molecule is C[C@@H]1C[C@@H](C(N)=O)c2ccccc2N1C(=O)CCc1cccs1. The molecule has 0 radical (unpaired) electrons. The number of carbonyl (C=O) groups is 2. The molecule has 1 aliphatic heterocycles. The topological polar surface area (TPSA) is 63.4 Å². The number of nitrogens with zero attached hydrogens (tertiary/aromatic N) is 1. The van der Waals surface area contributed by atoms with Crippen LogP contribution in [-0.4, -0.2) is 17.9 Å². The molecule has 2 aromatic rings. The number of amides is 2. The van der Waals surface area contributed by atoms with Gasteiger partial charge in [0.1, 0.15) is 0 Å². The molecule has 23 heavy (non-hydrogen) atoms. The minimum absolute atomic E-state index is 0.0294. The van der Waals surface area contributed by atoms with Gasteiger partial charge in [0.25, 0.3) is 0 Å². The van der Waals surface area contributed by atoms with E-state index in [1.54, 1.807) is 11.3 Å². The minimum Gasteiger partial charge on any atom is -0.369 e. The third-order valence-electron chi connectivity index (χ3n) is 4.37. The van der Waals surface area contributed by atoms with Crippen molar-refractivity contribution in [2.24, 2.45) is 5.73 Å². The molecule has 0 saturated heterocycles. The molecule has 2 amide bonds. The quantitative estimate of drug-likeness (QED) is 0.937. The van der Waals surface area contributed by atoms with Crippen LogP contribution in [0.25, 0.3) is 0 Å². The maximum atomic E-state index is 12.8. The molecular weight excluding hydrogens is 308 g/mol. The van der Waals surface area contributed by atoms with Gasteiger partial charge in [0.2, 0.25) is 11.8 Å². The van der Waals surface area contributed by atoms with Gasteiger partial charge in [-0.05, 0) is 42.8 Å². The molecule has 1 aromatic carbocycles. The fourth-order valence-corrected chi connectivity index (χ4v) is 3.98. The summed E-state index contributed by atoms with van der Waals surface area (Å²) < 4.78 is 0. The molecule has 2 N–H and O–H groups in total. The molecule has 0 spiro atoms. The monoisotopic (exact) mass is 328 g/mol. The van der Waals surface area contributed by atoms with Crippen molar-refractivity contribution in [3.63, 3.8) is 0 Å². The molecule has 1 aromatic heterocycles. The molecule has 0 unspecified atom stereocenters. The van der Waals surface area contributed by atoms with Crippen molar-refractivity contribution in [3.05, 3.63) is 52.2 Å². The first-order valence-electron chi connectivity index (χ1n) is 7.80. The number of hydrogen-bond donors (Lipinski definition) is 1. The van der Waals surface area contributed by atoms with Crippen LogP contribution in [0.4, 0.5) is 5.69 Å². The largest absolute Gasteiger partial charge is 0.369 e. The van der Waals surface area contributed by atoms with Crippen molar-refractivity contribution in [2.45, 2.75) is 38.1 Å². The standard InChI is InChI=1S/C18H20N2O2S/c1-12-11-15(18(19)22)14-6-2-3-7-16(14)20(12)17(21)9-8-13-5-4-10-23-13/h2-7,10,12,15H,8-9,11H2,1H3,(H2,19,22)/t12-,15-/m1/s1. The highest BCUT2D eigenvalue weighted by atomic mass is 32.1. The van der Waals surface area contributed by atoms with E-state index in [1.807, 2.05) is 47.5 Å². The van der Waals surface area contributed by atoms with Crippen molar-refractivity contribution in [1.29, 1.82) is 0 Å². The van der Waals surface area contributed by atoms with E-state index in [0.29, 0.717) is 12.8 Å². The highest BCUT2D eigenvalue weighted by Crippen LogP contribution is 2.38. The third kappa shape index (κ3) is 3.15. The number of aryl methyl sites for hydroxylation is 1. The highest BCUT2D eigenvalue weighted by Gasteiger charge is 2.35. The second-order valence-electron chi connectivity index (χ2n) is 5.94. The van der Waals surface area contributed by atoms with E-state index in [4.69, 9.17) is 5.73 Å². The summed E-state index contributed by atoms with van der Waals surface area (Å²) in [6.07, 6.45) is 1.80. The number of hydrogen-bond acceptors (Lipinski definition) is 3. The van der Waals surface area contributed by atoms with Gasteiger partial charge >= 0.3 is 0 Å². The number of benzene rings is 1. The van der Waals surface area contributed by atoms with Crippen molar-refractivity contribution in [1.82, 2.24) is 0 Å². The van der Waals surface area contributed by atoms with E-state index in [0.717, 1.165) is 17.7 Å². The van der Waals surface area contributed by atoms with Gasteiger partial charge < -0.3 is 10.6 Å². The molecule has 0 saturated carbocycles. The van der Waals surface area contributed by atoms with Crippen LogP contribution in [0.3, 0.4) is 0 Å². The Kier molecular flexibility index (Phi) is 4.48. The lowest BCUT2D eigenvalue weighted by molar-refractivity contribution is -0.121. The van der Waals surface area contributed by atoms with Crippen molar-refractivity contribution in [2.75, 3.05) is 4.90 Å². The second kappa shape index (κ2) is 6.54. The van der Waals surface area contributed by atoms with Crippen LogP contribution in [0.5, 0.6) is 0 Å². The second-order valence-corrected chi connectivity index (χ2v) is 6.97. The van der Waals surface area contributed by atoms with Gasteiger partial charge in [-0.1, -0.05) is 24.3 Å². The van der Waals surface area contributed by atoms with Crippen molar-refractivity contribution < 1.29 is 9.59 Å². The fraction of sp³-hybridized carbons (Fsp3) is 0.333. The third-order valence-corrected chi connectivity index (χ3v) is 5.30. The smallest absolute Gasteiger partial charge is 0.227 e. The molecule has 5 heteroatoms. The highest BCUT2D eigenvalue weighted by molar-refractivity contribution is 7.09. The summed E-state index contributed by atoms with van der Waals surface area (Å²) in [6.45, 7) is 1.98. The average molecular weight is 328 g/mol. The van der Waals surface area contributed by atoms with Crippen molar-refractivity contribution >= 4 is 28.8 Å². The Labute approximate surface area is 139 Å². The van der Waals surface area contributed by atoms with Crippen LogP contribution in [0.1, 0.15) is 36.1 Å². The Morgan fingerprint density at radius 1 is 1.26 bits per heavy atom. The Hall–Kier alpha value is -2.14. The summed E-state index contributed by atoms with van der Waals surface area (Å²) in [4.78, 5) is 27.5. The number of anilines is 1. The predicted molar refractivity (Wildman–Crippen MR) is 92.6 cm³/mol. The Morgan fingerprint density at radius 3 is 2.74 bits per heavy atom. The van der Waals surface area contributed by atoms with E-state index in [1.165, 1.54) is 4.88 Å².